The molecule has 1 aliphatic heterocycles. The SMILES string of the molecule is CCOc1cc(C(=O)Nc2ccc(N3CCN(C(=O)c4cc5ccccc5o4)CC3)cc2)cc(OCC)c1OCC. The largest absolute Gasteiger partial charge is 0.490 e. The van der Waals surface area contributed by atoms with Crippen LogP contribution in [0.25, 0.3) is 11.0 Å². The number of rotatable bonds is 10. The van der Waals surface area contributed by atoms with E-state index in [2.05, 4.69) is 10.2 Å². The van der Waals surface area contributed by atoms with Gasteiger partial charge in [-0.3, -0.25) is 9.59 Å². The van der Waals surface area contributed by atoms with Gasteiger partial charge in [-0.2, -0.15) is 0 Å². The van der Waals surface area contributed by atoms with Gasteiger partial charge in [0.05, 0.1) is 19.8 Å². The van der Waals surface area contributed by atoms with E-state index in [-0.39, 0.29) is 11.8 Å². The van der Waals surface area contributed by atoms with Gasteiger partial charge in [0.15, 0.2) is 17.3 Å². The Kier molecular flexibility index (Phi) is 8.62. The number of anilines is 2. The lowest BCUT2D eigenvalue weighted by Crippen LogP contribution is -2.48. The molecule has 1 aromatic heterocycles. The molecule has 1 fully saturated rings. The summed E-state index contributed by atoms with van der Waals surface area (Å²) in [6, 6.07) is 20.5. The Balaban J connectivity index is 1.21. The number of nitrogens with zero attached hydrogens (tertiary/aromatic N) is 2. The number of carbonyl (C=O) groups is 2. The molecule has 0 atom stereocenters. The zero-order valence-electron chi connectivity index (χ0n) is 23.6. The Hall–Kier alpha value is -4.66. The maximum Gasteiger partial charge on any atom is 0.289 e. The molecule has 3 aromatic carbocycles. The molecule has 1 saturated heterocycles. The lowest BCUT2D eigenvalue weighted by atomic mass is 10.1. The third kappa shape index (κ3) is 6.24. The number of hydrogen-bond acceptors (Lipinski definition) is 7. The van der Waals surface area contributed by atoms with E-state index >= 15 is 0 Å². The normalized spacial score (nSPS) is 13.2. The molecule has 1 aliphatic rings. The first-order valence-corrected chi connectivity index (χ1v) is 14.0. The summed E-state index contributed by atoms with van der Waals surface area (Å²) in [6.45, 7) is 9.54. The average Bonchev–Trinajstić information content (AvgIpc) is 3.43. The molecule has 214 valence electrons. The van der Waals surface area contributed by atoms with Crippen molar-refractivity contribution in [2.45, 2.75) is 20.8 Å². The van der Waals surface area contributed by atoms with Crippen LogP contribution in [-0.4, -0.2) is 62.7 Å². The van der Waals surface area contributed by atoms with Crippen molar-refractivity contribution in [1.29, 1.82) is 0 Å². The Labute approximate surface area is 239 Å². The van der Waals surface area contributed by atoms with Gasteiger partial charge in [0, 0.05) is 48.5 Å². The molecule has 9 heteroatoms. The number of furan rings is 1. The fourth-order valence-corrected chi connectivity index (χ4v) is 4.89. The second-order valence-electron chi connectivity index (χ2n) is 9.53. The van der Waals surface area contributed by atoms with Crippen LogP contribution in [0.1, 0.15) is 41.7 Å². The van der Waals surface area contributed by atoms with E-state index in [0.717, 1.165) is 11.1 Å². The number of para-hydroxylation sites is 1. The van der Waals surface area contributed by atoms with E-state index in [4.69, 9.17) is 18.6 Å². The van der Waals surface area contributed by atoms with Crippen LogP contribution in [0.2, 0.25) is 0 Å². The van der Waals surface area contributed by atoms with Crippen LogP contribution in [0.4, 0.5) is 11.4 Å². The second kappa shape index (κ2) is 12.7. The van der Waals surface area contributed by atoms with Crippen molar-refractivity contribution in [2.24, 2.45) is 0 Å². The quantitative estimate of drug-likeness (QED) is 0.262. The van der Waals surface area contributed by atoms with Gasteiger partial charge in [-0.1, -0.05) is 18.2 Å². The van der Waals surface area contributed by atoms with Crippen molar-refractivity contribution in [3.8, 4) is 17.2 Å². The van der Waals surface area contributed by atoms with Crippen molar-refractivity contribution in [3.05, 3.63) is 78.1 Å². The zero-order chi connectivity index (χ0) is 28.8. The molecule has 41 heavy (non-hydrogen) atoms. The lowest BCUT2D eigenvalue weighted by molar-refractivity contribution is 0.0717. The topological polar surface area (TPSA) is 93.5 Å². The number of nitrogens with one attached hydrogen (secondary N) is 1. The Bertz CT molecular complexity index is 1450. The number of benzene rings is 3. The first-order valence-electron chi connectivity index (χ1n) is 14.0. The molecule has 0 bridgehead atoms. The molecule has 0 saturated carbocycles. The highest BCUT2D eigenvalue weighted by Gasteiger charge is 2.25. The second-order valence-corrected chi connectivity index (χ2v) is 9.53. The summed E-state index contributed by atoms with van der Waals surface area (Å²) in [5.41, 5.74) is 2.82. The summed E-state index contributed by atoms with van der Waals surface area (Å²) in [6.07, 6.45) is 0. The van der Waals surface area contributed by atoms with Gasteiger partial charge in [0.25, 0.3) is 11.8 Å². The maximum absolute atomic E-state index is 13.1. The highest BCUT2D eigenvalue weighted by atomic mass is 16.5. The summed E-state index contributed by atoms with van der Waals surface area (Å²) < 4.78 is 23.0. The van der Waals surface area contributed by atoms with Crippen molar-refractivity contribution in [3.63, 3.8) is 0 Å². The van der Waals surface area contributed by atoms with Crippen LogP contribution in [0.3, 0.4) is 0 Å². The molecule has 2 heterocycles. The number of fused-ring (bicyclic) bond motifs is 1. The number of amides is 2. The van der Waals surface area contributed by atoms with Crippen molar-refractivity contribution >= 4 is 34.2 Å². The molecule has 9 nitrogen and oxygen atoms in total. The predicted octanol–water partition coefficient (Wildman–Crippen LogP) is 5.84. The number of carbonyl (C=O) groups excluding carboxylic acids is 2. The molecule has 0 unspecified atom stereocenters. The van der Waals surface area contributed by atoms with Gasteiger partial charge < -0.3 is 33.7 Å². The first kappa shape index (κ1) is 27.9. The standard InChI is InChI=1S/C32H35N3O6/c1-4-38-27-20-23(21-28(39-5-2)30(27)40-6-3)31(36)33-24-11-13-25(14-12-24)34-15-17-35(18-16-34)32(37)29-19-22-9-7-8-10-26(22)41-29/h7-14,19-21H,4-6,15-18H2,1-3H3,(H,33,36). The fraction of sp³-hybridized carbons (Fsp3) is 0.312. The lowest BCUT2D eigenvalue weighted by Gasteiger charge is -2.35. The monoisotopic (exact) mass is 557 g/mol. The molecular weight excluding hydrogens is 522 g/mol. The minimum atomic E-state index is -0.277. The Morgan fingerprint density at radius 3 is 2.05 bits per heavy atom. The van der Waals surface area contributed by atoms with Crippen LogP contribution < -0.4 is 24.4 Å². The fourth-order valence-electron chi connectivity index (χ4n) is 4.89. The number of piperazine rings is 1. The molecule has 2 amide bonds. The van der Waals surface area contributed by atoms with Crippen molar-refractivity contribution in [2.75, 3.05) is 56.2 Å². The predicted molar refractivity (Wildman–Crippen MR) is 159 cm³/mol. The summed E-state index contributed by atoms with van der Waals surface area (Å²) in [5, 5.41) is 3.88. The smallest absolute Gasteiger partial charge is 0.289 e. The van der Waals surface area contributed by atoms with Crippen LogP contribution in [-0.2, 0) is 0 Å². The van der Waals surface area contributed by atoms with E-state index in [1.165, 1.54) is 0 Å². The van der Waals surface area contributed by atoms with Crippen LogP contribution in [0.5, 0.6) is 17.2 Å². The number of hydrogen-bond donors (Lipinski definition) is 1. The molecule has 0 aliphatic carbocycles. The first-order chi connectivity index (χ1) is 20.0. The summed E-state index contributed by atoms with van der Waals surface area (Å²) >= 11 is 0. The number of ether oxygens (including phenoxy) is 3. The van der Waals surface area contributed by atoms with E-state index < -0.39 is 0 Å². The van der Waals surface area contributed by atoms with Gasteiger partial charge in [-0.15, -0.1) is 0 Å². The van der Waals surface area contributed by atoms with Gasteiger partial charge in [0.1, 0.15) is 5.58 Å². The minimum Gasteiger partial charge on any atom is -0.490 e. The maximum atomic E-state index is 13.1. The average molecular weight is 558 g/mol. The van der Waals surface area contributed by atoms with E-state index in [9.17, 15) is 9.59 Å². The minimum absolute atomic E-state index is 0.0896. The highest BCUT2D eigenvalue weighted by molar-refractivity contribution is 6.05. The third-order valence-electron chi connectivity index (χ3n) is 6.86. The Morgan fingerprint density at radius 2 is 1.44 bits per heavy atom. The molecule has 4 aromatic rings. The van der Waals surface area contributed by atoms with Crippen LogP contribution in [0.15, 0.2) is 71.1 Å². The van der Waals surface area contributed by atoms with Gasteiger partial charge in [-0.25, -0.2) is 0 Å². The molecule has 0 spiro atoms. The van der Waals surface area contributed by atoms with Crippen LogP contribution >= 0.6 is 0 Å². The van der Waals surface area contributed by atoms with E-state index in [1.807, 2.05) is 74.2 Å². The third-order valence-corrected chi connectivity index (χ3v) is 6.86. The molecular formula is C32H35N3O6. The molecule has 1 N–H and O–H groups in total. The van der Waals surface area contributed by atoms with Crippen LogP contribution in [0, 0.1) is 0 Å². The van der Waals surface area contributed by atoms with Gasteiger partial charge >= 0.3 is 0 Å². The highest BCUT2D eigenvalue weighted by Crippen LogP contribution is 2.39. The summed E-state index contributed by atoms with van der Waals surface area (Å²) in [7, 11) is 0. The summed E-state index contributed by atoms with van der Waals surface area (Å²) in [5.74, 6) is 1.44. The van der Waals surface area contributed by atoms with E-state index in [0.29, 0.717) is 85.8 Å². The van der Waals surface area contributed by atoms with Crippen molar-refractivity contribution < 1.29 is 28.2 Å². The molecule has 0 radical (unpaired) electrons. The van der Waals surface area contributed by atoms with Crippen molar-refractivity contribution in [1.82, 2.24) is 4.90 Å². The Morgan fingerprint density at radius 1 is 0.805 bits per heavy atom. The molecule has 5 rings (SSSR count). The van der Waals surface area contributed by atoms with Gasteiger partial charge in [-0.05, 0) is 69.3 Å². The van der Waals surface area contributed by atoms with E-state index in [1.54, 1.807) is 18.2 Å². The summed E-state index contributed by atoms with van der Waals surface area (Å²) in [4.78, 5) is 30.2. The zero-order valence-corrected chi connectivity index (χ0v) is 23.6. The van der Waals surface area contributed by atoms with Gasteiger partial charge in [0.2, 0.25) is 5.75 Å².